The summed E-state index contributed by atoms with van der Waals surface area (Å²) in [5.74, 6) is 0. The van der Waals surface area contributed by atoms with Crippen LogP contribution < -0.4 is 0 Å². The lowest BCUT2D eigenvalue weighted by atomic mass is 9.93. The van der Waals surface area contributed by atoms with Crippen LogP contribution >= 0.6 is 0 Å². The Kier molecular flexibility index (Phi) is 2.50. The summed E-state index contributed by atoms with van der Waals surface area (Å²) in [6, 6.07) is 0. The number of azide groups is 1. The molecule has 5 nitrogen and oxygen atoms in total. The quantitative estimate of drug-likeness (QED) is 0.351. The molecule has 0 fully saturated rings. The highest BCUT2D eigenvalue weighted by molar-refractivity contribution is 5.19. The maximum absolute atomic E-state index is 8.45. The van der Waals surface area contributed by atoms with Gasteiger partial charge >= 0.3 is 0 Å². The fourth-order valence-electron chi connectivity index (χ4n) is 1.41. The first-order valence-electron chi connectivity index (χ1n) is 4.18. The lowest BCUT2D eigenvalue weighted by Gasteiger charge is -2.40. The van der Waals surface area contributed by atoms with Gasteiger partial charge < -0.3 is 5.01 Å². The molecular weight excluding hydrogens is 166 g/mol. The first-order chi connectivity index (χ1) is 5.99. The van der Waals surface area contributed by atoms with Gasteiger partial charge in [0, 0.05) is 31.8 Å². The van der Waals surface area contributed by atoms with Crippen LogP contribution in [0.25, 0.3) is 10.4 Å². The fourth-order valence-corrected chi connectivity index (χ4v) is 1.41. The van der Waals surface area contributed by atoms with E-state index in [1.54, 1.807) is 0 Å². The van der Waals surface area contributed by atoms with Gasteiger partial charge in [-0.05, 0) is 25.0 Å². The molecule has 0 bridgehead atoms. The van der Waals surface area contributed by atoms with E-state index in [4.69, 9.17) is 5.53 Å². The van der Waals surface area contributed by atoms with Gasteiger partial charge in [0.2, 0.25) is 0 Å². The summed E-state index contributed by atoms with van der Waals surface area (Å²) < 4.78 is 0. The Morgan fingerprint density at radius 1 is 1.62 bits per heavy atom. The van der Waals surface area contributed by atoms with E-state index in [0.717, 1.165) is 12.1 Å². The van der Waals surface area contributed by atoms with Gasteiger partial charge in [-0.15, -0.1) is 0 Å². The van der Waals surface area contributed by atoms with E-state index in [1.165, 1.54) is 0 Å². The van der Waals surface area contributed by atoms with Crippen LogP contribution in [0.2, 0.25) is 0 Å². The zero-order chi connectivity index (χ0) is 10.1. The average molecular weight is 181 g/mol. The molecule has 0 amide bonds. The van der Waals surface area contributed by atoms with Crippen LogP contribution in [0.1, 0.15) is 13.8 Å². The van der Waals surface area contributed by atoms with Crippen LogP contribution in [0, 0.1) is 0 Å². The van der Waals surface area contributed by atoms with Crippen LogP contribution in [0.5, 0.6) is 0 Å². The summed E-state index contributed by atoms with van der Waals surface area (Å²) in [6.45, 7) is 4.65. The smallest absolute Gasteiger partial charge is 0.0829 e. The number of nitrogens with zero attached hydrogens (tertiary/aromatic N) is 5. The summed E-state index contributed by atoms with van der Waals surface area (Å²) >= 11 is 0. The monoisotopic (exact) mass is 181 g/mol. The van der Waals surface area contributed by atoms with Gasteiger partial charge in [-0.3, -0.25) is 0 Å². The number of rotatable bonds is 1. The SMILES string of the molecule is CC1=CN(C)N(C)C[C@]1(C)N=[N+]=[N-]. The molecule has 0 spiro atoms. The highest BCUT2D eigenvalue weighted by Gasteiger charge is 2.31. The molecule has 0 saturated heterocycles. The van der Waals surface area contributed by atoms with E-state index in [1.807, 2.05) is 44.2 Å². The second-order valence-electron chi connectivity index (χ2n) is 3.66. The standard InChI is InChI=1S/C8H15N5/c1-7-5-12(3)13(4)6-8(7,2)10-11-9/h5H,6H2,1-4H3/t8-/m0/s1. The topological polar surface area (TPSA) is 55.2 Å². The fraction of sp³-hybridized carbons (Fsp3) is 0.750. The van der Waals surface area contributed by atoms with Crippen molar-refractivity contribution in [2.24, 2.45) is 5.11 Å². The number of hydrogen-bond acceptors (Lipinski definition) is 3. The predicted octanol–water partition coefficient (Wildman–Crippen LogP) is 1.75. The van der Waals surface area contributed by atoms with Crippen molar-refractivity contribution in [2.75, 3.05) is 20.6 Å². The molecule has 1 rings (SSSR count). The zero-order valence-electron chi connectivity index (χ0n) is 8.52. The van der Waals surface area contributed by atoms with Crippen molar-refractivity contribution in [1.82, 2.24) is 10.0 Å². The van der Waals surface area contributed by atoms with Crippen molar-refractivity contribution < 1.29 is 0 Å². The zero-order valence-corrected chi connectivity index (χ0v) is 8.52. The Balaban J connectivity index is 3.02. The molecule has 1 aliphatic rings. The highest BCUT2D eigenvalue weighted by Crippen LogP contribution is 2.27. The average Bonchev–Trinajstić information content (AvgIpc) is 2.02. The molecule has 0 aliphatic carbocycles. The van der Waals surface area contributed by atoms with Gasteiger partial charge in [-0.1, -0.05) is 5.11 Å². The van der Waals surface area contributed by atoms with Gasteiger partial charge in [-0.25, -0.2) is 5.01 Å². The first kappa shape index (κ1) is 9.89. The minimum absolute atomic E-state index is 0.407. The minimum Gasteiger partial charge on any atom is -0.316 e. The number of likely N-dealkylation sites (N-methyl/N-ethyl adjacent to an activating group) is 1. The Morgan fingerprint density at radius 3 is 2.77 bits per heavy atom. The Labute approximate surface area is 78.2 Å². The first-order valence-corrected chi connectivity index (χ1v) is 4.18. The third-order valence-electron chi connectivity index (χ3n) is 2.57. The van der Waals surface area contributed by atoms with Crippen LogP contribution in [0.3, 0.4) is 0 Å². The summed E-state index contributed by atoms with van der Waals surface area (Å²) in [5, 5.41) is 7.83. The molecular formula is C8H15N5. The van der Waals surface area contributed by atoms with E-state index in [0.29, 0.717) is 0 Å². The molecule has 0 aromatic heterocycles. The molecule has 1 atom stereocenters. The third kappa shape index (κ3) is 1.76. The van der Waals surface area contributed by atoms with Crippen molar-refractivity contribution in [3.63, 3.8) is 0 Å². The number of hydrogen-bond donors (Lipinski definition) is 0. The second-order valence-corrected chi connectivity index (χ2v) is 3.66. The van der Waals surface area contributed by atoms with Crippen molar-refractivity contribution in [2.45, 2.75) is 19.4 Å². The molecule has 1 aliphatic heterocycles. The largest absolute Gasteiger partial charge is 0.316 e. The Morgan fingerprint density at radius 2 is 2.23 bits per heavy atom. The molecule has 0 aromatic rings. The van der Waals surface area contributed by atoms with E-state index in [9.17, 15) is 0 Å². The normalized spacial score (nSPS) is 29.5. The maximum atomic E-state index is 8.45. The van der Waals surface area contributed by atoms with Crippen molar-refractivity contribution in [3.8, 4) is 0 Å². The summed E-state index contributed by atoms with van der Waals surface area (Å²) in [7, 11) is 3.94. The summed E-state index contributed by atoms with van der Waals surface area (Å²) in [4.78, 5) is 2.88. The lowest BCUT2D eigenvalue weighted by molar-refractivity contribution is 0.0450. The number of hydrazine groups is 1. The summed E-state index contributed by atoms with van der Waals surface area (Å²) in [5.41, 5.74) is 9.13. The van der Waals surface area contributed by atoms with Crippen LogP contribution in [0.4, 0.5) is 0 Å². The predicted molar refractivity (Wildman–Crippen MR) is 51.7 cm³/mol. The van der Waals surface area contributed by atoms with Crippen molar-refractivity contribution >= 4 is 0 Å². The molecule has 0 radical (unpaired) electrons. The lowest BCUT2D eigenvalue weighted by Crippen LogP contribution is -2.48. The van der Waals surface area contributed by atoms with Crippen LogP contribution in [0.15, 0.2) is 16.9 Å². The summed E-state index contributed by atoms with van der Waals surface area (Å²) in [6.07, 6.45) is 1.98. The van der Waals surface area contributed by atoms with Gasteiger partial charge in [0.25, 0.3) is 0 Å². The molecule has 0 aromatic carbocycles. The molecule has 0 saturated carbocycles. The van der Waals surface area contributed by atoms with E-state index in [2.05, 4.69) is 10.0 Å². The van der Waals surface area contributed by atoms with Gasteiger partial charge in [0.15, 0.2) is 0 Å². The molecule has 5 heteroatoms. The van der Waals surface area contributed by atoms with Crippen LogP contribution in [-0.2, 0) is 0 Å². The highest BCUT2D eigenvalue weighted by atomic mass is 15.6. The maximum Gasteiger partial charge on any atom is 0.0829 e. The van der Waals surface area contributed by atoms with E-state index < -0.39 is 5.54 Å². The molecule has 0 N–H and O–H groups in total. The minimum atomic E-state index is -0.407. The van der Waals surface area contributed by atoms with Gasteiger partial charge in [0.05, 0.1) is 5.54 Å². The third-order valence-corrected chi connectivity index (χ3v) is 2.57. The van der Waals surface area contributed by atoms with Crippen LogP contribution in [-0.4, -0.2) is 36.2 Å². The molecule has 1 heterocycles. The Bertz CT molecular complexity index is 278. The molecule has 0 unspecified atom stereocenters. The van der Waals surface area contributed by atoms with E-state index >= 15 is 0 Å². The van der Waals surface area contributed by atoms with Crippen molar-refractivity contribution in [1.29, 1.82) is 0 Å². The van der Waals surface area contributed by atoms with Crippen molar-refractivity contribution in [3.05, 3.63) is 22.2 Å². The molecule has 13 heavy (non-hydrogen) atoms. The Hall–Kier alpha value is -1.19. The molecule has 72 valence electrons. The second kappa shape index (κ2) is 3.28. The van der Waals surface area contributed by atoms with Gasteiger partial charge in [0.1, 0.15) is 0 Å². The van der Waals surface area contributed by atoms with E-state index in [-0.39, 0.29) is 0 Å². The van der Waals surface area contributed by atoms with Gasteiger partial charge in [-0.2, -0.15) is 0 Å².